The van der Waals surface area contributed by atoms with E-state index in [1.165, 1.54) is 11.8 Å². The highest BCUT2D eigenvalue weighted by Crippen LogP contribution is 2.02. The largest absolute Gasteiger partial charge is 0.258 e. The maximum Gasteiger partial charge on any atom is 0.0362 e. The van der Waals surface area contributed by atoms with E-state index >= 15 is 0 Å². The molecule has 0 unspecified atom stereocenters. The fourth-order valence-electron chi connectivity index (χ4n) is 0.103. The van der Waals surface area contributed by atoms with Crippen molar-refractivity contribution in [2.45, 2.75) is 0 Å². The van der Waals surface area contributed by atoms with Crippen LogP contribution in [0.3, 0.4) is 0 Å². The van der Waals surface area contributed by atoms with Crippen molar-refractivity contribution >= 4 is 40.2 Å². The van der Waals surface area contributed by atoms with Crippen molar-refractivity contribution in [3.63, 3.8) is 0 Å². The predicted molar refractivity (Wildman–Crippen MR) is 43.0 cm³/mol. The standard InChI is InChI=1S/C4H4INS/c5-1-3-7-4-2-6/h1,3-4,6H/b3-1-. The monoisotopic (exact) mass is 225 g/mol. The molecule has 7 heavy (non-hydrogen) atoms. The maximum atomic E-state index is 6.42. The van der Waals surface area contributed by atoms with Crippen LogP contribution in [0.15, 0.2) is 14.9 Å². The van der Waals surface area contributed by atoms with Gasteiger partial charge in [-0.25, -0.2) is 0 Å². The third-order valence-corrected chi connectivity index (χ3v) is 1.65. The summed E-state index contributed by atoms with van der Waals surface area (Å²) >= 11 is 3.56. The second-order valence-electron chi connectivity index (χ2n) is 0.660. The lowest BCUT2D eigenvalue weighted by Crippen LogP contribution is -1.39. The number of thioether (sulfide) groups is 1. The average molecular weight is 225 g/mol. The minimum atomic E-state index is 1.44. The summed E-state index contributed by atoms with van der Waals surface area (Å²) < 4.78 is 1.89. The van der Waals surface area contributed by atoms with Crippen LogP contribution in [-0.4, -0.2) is 5.87 Å². The first-order chi connectivity index (χ1) is 3.41. The number of rotatable bonds is 2. The Balaban J connectivity index is 3.15. The molecule has 1 nitrogen and oxygen atoms in total. The summed E-state index contributed by atoms with van der Waals surface area (Å²) in [5.74, 6) is 2.14. The Labute approximate surface area is 60.5 Å². The van der Waals surface area contributed by atoms with Gasteiger partial charge in [0.25, 0.3) is 0 Å². The van der Waals surface area contributed by atoms with Gasteiger partial charge in [0.05, 0.1) is 0 Å². The van der Waals surface area contributed by atoms with Gasteiger partial charge in [0, 0.05) is 5.41 Å². The molecule has 0 bridgehead atoms. The van der Waals surface area contributed by atoms with Crippen LogP contribution in [0.25, 0.3) is 0 Å². The molecular formula is C4H4INS. The van der Waals surface area contributed by atoms with Crippen molar-refractivity contribution in [1.82, 2.24) is 0 Å². The Morgan fingerprint density at radius 3 is 2.86 bits per heavy atom. The SMILES string of the molecule is N=C=CS/C=C\I. The first kappa shape index (κ1) is 7.27. The van der Waals surface area contributed by atoms with Crippen molar-refractivity contribution in [2.75, 3.05) is 0 Å². The van der Waals surface area contributed by atoms with E-state index in [1.54, 1.807) is 5.41 Å². The second-order valence-corrected chi connectivity index (χ2v) is 2.16. The molecule has 0 aromatic rings. The summed E-state index contributed by atoms with van der Waals surface area (Å²) in [6, 6.07) is 0. The average Bonchev–Trinajstić information content (AvgIpc) is 1.69. The molecule has 0 aliphatic carbocycles. The van der Waals surface area contributed by atoms with E-state index in [0.29, 0.717) is 0 Å². The molecule has 0 amide bonds. The lowest BCUT2D eigenvalue weighted by molar-refractivity contribution is 1.60. The lowest BCUT2D eigenvalue weighted by Gasteiger charge is -1.68. The fraction of sp³-hybridized carbons (Fsp3) is 0. The van der Waals surface area contributed by atoms with Crippen LogP contribution in [0.1, 0.15) is 0 Å². The zero-order valence-corrected chi connectivity index (χ0v) is 6.49. The molecule has 3 heteroatoms. The number of nitrogens with one attached hydrogen (secondary N) is 1. The smallest absolute Gasteiger partial charge is 0.0362 e. The summed E-state index contributed by atoms with van der Waals surface area (Å²) in [4.78, 5) is 0. The quantitative estimate of drug-likeness (QED) is 0.566. The minimum Gasteiger partial charge on any atom is -0.258 e. The van der Waals surface area contributed by atoms with Crippen molar-refractivity contribution in [3.05, 3.63) is 14.9 Å². The molecule has 0 heterocycles. The molecule has 38 valence electrons. The molecule has 0 aliphatic rings. The van der Waals surface area contributed by atoms with E-state index in [2.05, 4.69) is 28.5 Å². The summed E-state index contributed by atoms with van der Waals surface area (Å²) in [6.07, 6.45) is 0. The maximum absolute atomic E-state index is 6.42. The fourth-order valence-corrected chi connectivity index (χ4v) is 0.818. The van der Waals surface area contributed by atoms with Crippen LogP contribution >= 0.6 is 34.4 Å². The Hall–Kier alpha value is 0.270. The molecule has 0 rings (SSSR count). The Morgan fingerprint density at radius 1 is 1.71 bits per heavy atom. The topological polar surface area (TPSA) is 23.9 Å². The normalized spacial score (nSPS) is 8.71. The molecule has 0 aromatic heterocycles. The van der Waals surface area contributed by atoms with Gasteiger partial charge in [-0.15, -0.1) is 0 Å². The van der Waals surface area contributed by atoms with Crippen LogP contribution in [-0.2, 0) is 0 Å². The number of hydrogen-bond donors (Lipinski definition) is 1. The first-order valence-electron chi connectivity index (χ1n) is 1.56. The Morgan fingerprint density at radius 2 is 2.43 bits per heavy atom. The zero-order valence-electron chi connectivity index (χ0n) is 3.52. The molecule has 0 aromatic carbocycles. The molecule has 0 saturated carbocycles. The minimum absolute atomic E-state index is 1.44. The second kappa shape index (κ2) is 6.27. The van der Waals surface area contributed by atoms with Gasteiger partial charge in [-0.1, -0.05) is 34.4 Å². The predicted octanol–water partition coefficient (Wildman–Crippen LogP) is 2.39. The highest BCUT2D eigenvalue weighted by Gasteiger charge is 1.61. The lowest BCUT2D eigenvalue weighted by atomic mass is 11.2. The van der Waals surface area contributed by atoms with E-state index in [0.717, 1.165) is 0 Å². The van der Waals surface area contributed by atoms with Crippen LogP contribution in [0, 0.1) is 5.41 Å². The third-order valence-electron chi connectivity index (χ3n) is 0.257. The molecule has 1 N–H and O–H groups in total. The molecular weight excluding hydrogens is 221 g/mol. The van der Waals surface area contributed by atoms with E-state index < -0.39 is 0 Å². The van der Waals surface area contributed by atoms with Gasteiger partial charge < -0.3 is 0 Å². The first-order valence-corrected chi connectivity index (χ1v) is 3.75. The molecule has 0 saturated heterocycles. The summed E-state index contributed by atoms with van der Waals surface area (Å²) in [6.45, 7) is 0. The molecule has 0 radical (unpaired) electrons. The van der Waals surface area contributed by atoms with Crippen LogP contribution in [0.4, 0.5) is 0 Å². The number of halogens is 1. The van der Waals surface area contributed by atoms with Crippen molar-refractivity contribution in [1.29, 1.82) is 5.41 Å². The molecule has 0 aliphatic heterocycles. The molecule has 0 fully saturated rings. The highest BCUT2D eigenvalue weighted by molar-refractivity contribution is 14.1. The van der Waals surface area contributed by atoms with Crippen LogP contribution in [0.2, 0.25) is 0 Å². The van der Waals surface area contributed by atoms with Gasteiger partial charge in [-0.05, 0) is 15.4 Å². The van der Waals surface area contributed by atoms with Crippen molar-refractivity contribution < 1.29 is 0 Å². The van der Waals surface area contributed by atoms with Crippen LogP contribution in [0.5, 0.6) is 0 Å². The van der Waals surface area contributed by atoms with E-state index in [-0.39, 0.29) is 0 Å². The summed E-state index contributed by atoms with van der Waals surface area (Å²) in [5, 5.41) is 9.87. The van der Waals surface area contributed by atoms with Gasteiger partial charge in [-0.2, -0.15) is 0 Å². The highest BCUT2D eigenvalue weighted by atomic mass is 127. The van der Waals surface area contributed by atoms with E-state index in [4.69, 9.17) is 5.41 Å². The van der Waals surface area contributed by atoms with Gasteiger partial charge in [0.1, 0.15) is 0 Å². The van der Waals surface area contributed by atoms with E-state index in [1.807, 2.05) is 9.49 Å². The third kappa shape index (κ3) is 6.27. The van der Waals surface area contributed by atoms with Gasteiger partial charge in [0.15, 0.2) is 0 Å². The molecule has 0 spiro atoms. The Bertz CT molecular complexity index is 104. The van der Waals surface area contributed by atoms with Gasteiger partial charge in [0.2, 0.25) is 0 Å². The zero-order chi connectivity index (χ0) is 5.54. The van der Waals surface area contributed by atoms with E-state index in [9.17, 15) is 0 Å². The summed E-state index contributed by atoms with van der Waals surface area (Å²) in [5.41, 5.74) is 0. The summed E-state index contributed by atoms with van der Waals surface area (Å²) in [7, 11) is 0. The van der Waals surface area contributed by atoms with Crippen LogP contribution < -0.4 is 0 Å². The van der Waals surface area contributed by atoms with Crippen molar-refractivity contribution in [2.24, 2.45) is 0 Å². The van der Waals surface area contributed by atoms with Gasteiger partial charge >= 0.3 is 0 Å². The molecule has 0 atom stereocenters. The Kier molecular flexibility index (Phi) is 6.51. The van der Waals surface area contributed by atoms with Gasteiger partial charge in [-0.3, -0.25) is 5.41 Å². The number of hydrogen-bond acceptors (Lipinski definition) is 2. The van der Waals surface area contributed by atoms with Crippen molar-refractivity contribution in [3.8, 4) is 0 Å².